The molecule has 0 amide bonds. The third kappa shape index (κ3) is 5.53. The maximum Gasteiger partial charge on any atom is 0.331 e. The third-order valence-corrected chi connectivity index (χ3v) is 13.9. The van der Waals surface area contributed by atoms with Gasteiger partial charge in [0.15, 0.2) is 0 Å². The minimum Gasteiger partial charge on any atom is -0.508 e. The molecule has 0 unspecified atom stereocenters. The van der Waals surface area contributed by atoms with Gasteiger partial charge in [0.25, 0.3) is 0 Å². The highest BCUT2D eigenvalue weighted by molar-refractivity contribution is 5.87. The highest BCUT2D eigenvalue weighted by Gasteiger charge is 2.69. The first kappa shape index (κ1) is 32.3. The first-order chi connectivity index (χ1) is 20.0. The lowest BCUT2D eigenvalue weighted by Gasteiger charge is -2.70. The number of aromatic hydroxyl groups is 1. The van der Waals surface area contributed by atoms with Gasteiger partial charge < -0.3 is 14.9 Å². The van der Waals surface area contributed by atoms with Crippen molar-refractivity contribution < 1.29 is 19.7 Å². The van der Waals surface area contributed by atoms with Crippen LogP contribution in [0.25, 0.3) is 6.08 Å². The fraction of sp³-hybridized carbons (Fsp3) is 0.718. The number of ether oxygens (including phenoxy) is 1. The SMILES string of the molecule is CC(C)=CCC[C@](C)(O)[C@H]1CC[C@]2(C)[C@@H]1CC[C@@H]1[C@@]3(C)CC[C@H](OC(=O)C=Cc4ccc(O)cc4)C(C)(C)[C@@H]3CC[C@]12C. The summed E-state index contributed by atoms with van der Waals surface area (Å²) < 4.78 is 6.19. The predicted molar refractivity (Wildman–Crippen MR) is 175 cm³/mol. The molecule has 0 aromatic heterocycles. The average molecular weight is 591 g/mol. The van der Waals surface area contributed by atoms with Crippen molar-refractivity contribution in [3.8, 4) is 5.75 Å². The zero-order valence-corrected chi connectivity index (χ0v) is 28.2. The summed E-state index contributed by atoms with van der Waals surface area (Å²) in [5.41, 5.74) is 2.23. The molecule has 0 bridgehead atoms. The van der Waals surface area contributed by atoms with Crippen molar-refractivity contribution in [3.05, 3.63) is 47.6 Å². The summed E-state index contributed by atoms with van der Waals surface area (Å²) in [6, 6.07) is 6.84. The number of carbonyl (C=O) groups is 1. The maximum atomic E-state index is 13.0. The van der Waals surface area contributed by atoms with Crippen LogP contribution in [0.1, 0.15) is 125 Å². The van der Waals surface area contributed by atoms with Crippen LogP contribution in [0.2, 0.25) is 0 Å². The first-order valence-electron chi connectivity index (χ1n) is 17.1. The standard InChI is InChI=1S/C39H58O4/c1-26(2)10-9-22-39(8,42)30-19-24-37(6)29(30)16-17-32-36(5)23-21-33(35(3,4)31(36)20-25-38(32,37)7)43-34(41)18-13-27-11-14-28(40)15-12-27/h10-15,18,29-33,40,42H,9,16-17,19-25H2,1-8H3/t29-,30+,31+,32-,33+,36+,37-,38-,39+/m1/s1. The second-order valence-electron chi connectivity index (χ2n) is 16.7. The molecule has 0 aliphatic heterocycles. The molecule has 4 nitrogen and oxygen atoms in total. The molecule has 4 aliphatic carbocycles. The summed E-state index contributed by atoms with van der Waals surface area (Å²) >= 11 is 0. The Morgan fingerprint density at radius 3 is 2.28 bits per heavy atom. The summed E-state index contributed by atoms with van der Waals surface area (Å²) in [7, 11) is 0. The molecule has 4 aliphatic rings. The van der Waals surface area contributed by atoms with E-state index in [0.717, 1.165) is 37.7 Å². The van der Waals surface area contributed by atoms with Gasteiger partial charge in [-0.15, -0.1) is 0 Å². The second-order valence-corrected chi connectivity index (χ2v) is 16.7. The number of hydrogen-bond donors (Lipinski definition) is 2. The molecule has 5 rings (SSSR count). The van der Waals surface area contributed by atoms with Crippen LogP contribution in [0.3, 0.4) is 0 Å². The third-order valence-electron chi connectivity index (χ3n) is 13.9. The molecule has 4 saturated carbocycles. The van der Waals surface area contributed by atoms with Gasteiger partial charge in [0.05, 0.1) is 5.60 Å². The molecule has 1 aromatic carbocycles. The van der Waals surface area contributed by atoms with Crippen molar-refractivity contribution in [2.45, 2.75) is 131 Å². The van der Waals surface area contributed by atoms with Crippen LogP contribution in [0.4, 0.5) is 0 Å². The van der Waals surface area contributed by atoms with Crippen molar-refractivity contribution in [2.24, 2.45) is 45.3 Å². The lowest BCUT2D eigenvalue weighted by atomic mass is 9.35. The van der Waals surface area contributed by atoms with Gasteiger partial charge >= 0.3 is 5.97 Å². The van der Waals surface area contributed by atoms with Crippen molar-refractivity contribution >= 4 is 12.0 Å². The van der Waals surface area contributed by atoms with Crippen molar-refractivity contribution in [3.63, 3.8) is 0 Å². The largest absolute Gasteiger partial charge is 0.508 e. The Kier molecular flexibility index (Phi) is 8.55. The zero-order valence-electron chi connectivity index (χ0n) is 28.2. The summed E-state index contributed by atoms with van der Waals surface area (Å²) in [4.78, 5) is 13.0. The quantitative estimate of drug-likeness (QED) is 0.189. The van der Waals surface area contributed by atoms with Crippen molar-refractivity contribution in [1.82, 2.24) is 0 Å². The Hall–Kier alpha value is -2.07. The summed E-state index contributed by atoms with van der Waals surface area (Å²) in [6.45, 7) is 18.9. The van der Waals surface area contributed by atoms with Crippen LogP contribution in [0.5, 0.6) is 5.75 Å². The summed E-state index contributed by atoms with van der Waals surface area (Å²) in [5, 5.41) is 21.3. The molecule has 1 aromatic rings. The fourth-order valence-corrected chi connectivity index (χ4v) is 11.4. The van der Waals surface area contributed by atoms with E-state index < -0.39 is 5.60 Å². The number of allylic oxidation sites excluding steroid dienone is 2. The molecular formula is C39H58O4. The maximum absolute atomic E-state index is 13.0. The topological polar surface area (TPSA) is 66.8 Å². The Bertz CT molecular complexity index is 1240. The molecule has 4 heteroatoms. The molecule has 0 saturated heterocycles. The van der Waals surface area contributed by atoms with Crippen LogP contribution in [0, 0.1) is 45.3 Å². The number of fused-ring (bicyclic) bond motifs is 5. The first-order valence-corrected chi connectivity index (χ1v) is 17.1. The van der Waals surface area contributed by atoms with E-state index in [1.165, 1.54) is 43.8 Å². The van der Waals surface area contributed by atoms with Gasteiger partial charge in [-0.2, -0.15) is 0 Å². The van der Waals surface area contributed by atoms with E-state index in [9.17, 15) is 15.0 Å². The minimum absolute atomic E-state index is 0.0920. The monoisotopic (exact) mass is 590 g/mol. The van der Waals surface area contributed by atoms with Gasteiger partial charge in [-0.25, -0.2) is 4.79 Å². The van der Waals surface area contributed by atoms with Gasteiger partial charge in [-0.1, -0.05) is 58.4 Å². The van der Waals surface area contributed by atoms with Crippen LogP contribution in [-0.4, -0.2) is 27.9 Å². The van der Waals surface area contributed by atoms with E-state index in [-0.39, 0.29) is 39.5 Å². The lowest BCUT2D eigenvalue weighted by molar-refractivity contribution is -0.229. The molecule has 0 radical (unpaired) electrons. The van der Waals surface area contributed by atoms with Crippen LogP contribution < -0.4 is 0 Å². The van der Waals surface area contributed by atoms with E-state index in [2.05, 4.69) is 61.5 Å². The highest BCUT2D eigenvalue weighted by Crippen LogP contribution is 2.76. The number of phenolic OH excluding ortho intramolecular Hbond substituents is 1. The summed E-state index contributed by atoms with van der Waals surface area (Å²) in [5.74, 6) is 2.06. The number of hydrogen-bond acceptors (Lipinski definition) is 4. The molecule has 9 atom stereocenters. The Morgan fingerprint density at radius 2 is 1.60 bits per heavy atom. The van der Waals surface area contributed by atoms with Gasteiger partial charge in [-0.3, -0.25) is 0 Å². The molecular weight excluding hydrogens is 532 g/mol. The van der Waals surface area contributed by atoms with Gasteiger partial charge in [-0.05, 0) is 149 Å². The fourth-order valence-electron chi connectivity index (χ4n) is 11.4. The van der Waals surface area contributed by atoms with Gasteiger partial charge in [0.1, 0.15) is 11.9 Å². The number of benzene rings is 1. The number of rotatable bonds is 7. The lowest BCUT2D eigenvalue weighted by Crippen LogP contribution is -2.64. The smallest absolute Gasteiger partial charge is 0.331 e. The Morgan fingerprint density at radius 1 is 0.930 bits per heavy atom. The molecule has 0 heterocycles. The predicted octanol–water partition coefficient (Wildman–Crippen LogP) is 9.50. The zero-order chi connectivity index (χ0) is 31.4. The van der Waals surface area contributed by atoms with E-state index in [1.54, 1.807) is 30.3 Å². The van der Waals surface area contributed by atoms with Gasteiger partial charge in [0.2, 0.25) is 0 Å². The van der Waals surface area contributed by atoms with Crippen LogP contribution in [-0.2, 0) is 9.53 Å². The van der Waals surface area contributed by atoms with Crippen molar-refractivity contribution in [1.29, 1.82) is 0 Å². The Balaban J connectivity index is 1.31. The van der Waals surface area contributed by atoms with E-state index >= 15 is 0 Å². The minimum atomic E-state index is -0.612. The number of aliphatic hydroxyl groups is 1. The highest BCUT2D eigenvalue weighted by atomic mass is 16.5. The number of esters is 1. The van der Waals surface area contributed by atoms with Crippen LogP contribution >= 0.6 is 0 Å². The molecule has 4 fully saturated rings. The molecule has 238 valence electrons. The molecule has 2 N–H and O–H groups in total. The normalized spacial score (nSPS) is 39.7. The Labute approximate surface area is 261 Å². The molecule has 43 heavy (non-hydrogen) atoms. The average Bonchev–Trinajstić information content (AvgIpc) is 3.29. The number of carbonyl (C=O) groups excluding carboxylic acids is 1. The summed E-state index contributed by atoms with van der Waals surface area (Å²) in [6.07, 6.45) is 16.6. The second kappa shape index (κ2) is 11.4. The van der Waals surface area contributed by atoms with Crippen LogP contribution in [0.15, 0.2) is 42.0 Å². The molecule has 0 spiro atoms. The number of phenols is 1. The van der Waals surface area contributed by atoms with E-state index in [0.29, 0.717) is 23.7 Å². The van der Waals surface area contributed by atoms with Gasteiger partial charge in [0, 0.05) is 11.5 Å². The van der Waals surface area contributed by atoms with E-state index in [1.807, 2.05) is 0 Å². The van der Waals surface area contributed by atoms with Crippen molar-refractivity contribution in [2.75, 3.05) is 0 Å². The van der Waals surface area contributed by atoms with E-state index in [4.69, 9.17) is 4.74 Å².